The van der Waals surface area contributed by atoms with Crippen molar-refractivity contribution in [1.82, 2.24) is 0 Å². The highest BCUT2D eigenvalue weighted by Gasteiger charge is 2.38. The minimum Gasteiger partial charge on any atom is -0.465 e. The van der Waals surface area contributed by atoms with E-state index in [4.69, 9.17) is 47.4 Å². The number of nitriles is 2. The van der Waals surface area contributed by atoms with E-state index in [1.807, 2.05) is 12.1 Å². The molecule has 6 rings (SSSR count). The molecular formula is C64H68N2O20S2. The molecule has 2 fully saturated rings. The molecule has 0 aromatic heterocycles. The molecule has 466 valence electrons. The lowest BCUT2D eigenvalue weighted by molar-refractivity contribution is -0.157. The van der Waals surface area contributed by atoms with Gasteiger partial charge in [0.05, 0.1) is 76.6 Å². The van der Waals surface area contributed by atoms with Gasteiger partial charge in [0.2, 0.25) is 0 Å². The first-order valence-electron chi connectivity index (χ1n) is 28.6. The predicted molar refractivity (Wildman–Crippen MR) is 313 cm³/mol. The van der Waals surface area contributed by atoms with Gasteiger partial charge in [0.1, 0.15) is 66.1 Å². The lowest BCUT2D eigenvalue weighted by Crippen LogP contribution is -2.31. The molecule has 0 radical (unpaired) electrons. The summed E-state index contributed by atoms with van der Waals surface area (Å²) in [6, 6.07) is 17.3. The van der Waals surface area contributed by atoms with Crippen LogP contribution in [0.3, 0.4) is 0 Å². The Labute approximate surface area is 517 Å². The summed E-state index contributed by atoms with van der Waals surface area (Å²) in [5, 5.41) is 19.6. The Morgan fingerprint density at radius 3 is 1.24 bits per heavy atom. The number of rotatable bonds is 28. The van der Waals surface area contributed by atoms with Gasteiger partial charge in [-0.15, -0.1) is 0 Å². The van der Waals surface area contributed by atoms with Crippen LogP contribution >= 0.6 is 23.5 Å². The van der Waals surface area contributed by atoms with Gasteiger partial charge in [-0.1, -0.05) is 60.9 Å². The molecule has 2 unspecified atom stereocenters. The van der Waals surface area contributed by atoms with Gasteiger partial charge in [0, 0.05) is 25.0 Å². The molecule has 3 aromatic rings. The van der Waals surface area contributed by atoms with Crippen LogP contribution in [-0.2, 0) is 89.2 Å². The first-order valence-corrected chi connectivity index (χ1v) is 30.2. The van der Waals surface area contributed by atoms with Gasteiger partial charge in [-0.3, -0.25) is 38.4 Å². The van der Waals surface area contributed by atoms with Crippen molar-refractivity contribution in [1.29, 1.82) is 10.5 Å². The van der Waals surface area contributed by atoms with E-state index in [9.17, 15) is 58.5 Å². The molecule has 2 atom stereocenters. The van der Waals surface area contributed by atoms with E-state index in [1.54, 1.807) is 76.2 Å². The van der Waals surface area contributed by atoms with Crippen LogP contribution in [0.2, 0.25) is 0 Å². The molecule has 1 aliphatic heterocycles. The van der Waals surface area contributed by atoms with Gasteiger partial charge >= 0.3 is 59.7 Å². The minimum absolute atomic E-state index is 0.0467. The first kappa shape index (κ1) is 68.4. The fraction of sp³-hybridized carbons (Fsp3) is 0.438. The molecule has 0 amide bonds. The second-order valence-corrected chi connectivity index (χ2v) is 23.2. The predicted octanol–water partition coefficient (Wildman–Crippen LogP) is 9.45. The van der Waals surface area contributed by atoms with Crippen LogP contribution in [0.15, 0.2) is 93.4 Å². The van der Waals surface area contributed by atoms with Crippen molar-refractivity contribution in [3.05, 3.63) is 106 Å². The maximum Gasteiger partial charge on any atom is 0.330 e. The Hall–Kier alpha value is -8.74. The monoisotopic (exact) mass is 1250 g/mol. The van der Waals surface area contributed by atoms with E-state index >= 15 is 0 Å². The molecular weight excluding hydrogens is 1180 g/mol. The summed E-state index contributed by atoms with van der Waals surface area (Å²) in [6.45, 7) is 12.9. The maximum atomic E-state index is 13.9. The molecule has 0 saturated heterocycles. The number of allylic oxidation sites excluding steroid dienone is 1. The summed E-state index contributed by atoms with van der Waals surface area (Å²) >= 11 is 2.14. The molecule has 3 aromatic carbocycles. The van der Waals surface area contributed by atoms with Gasteiger partial charge < -0.3 is 47.4 Å². The molecule has 88 heavy (non-hydrogen) atoms. The highest BCUT2D eigenvalue weighted by molar-refractivity contribution is 8.24. The Kier molecular flexibility index (Phi) is 26.4. The van der Waals surface area contributed by atoms with Gasteiger partial charge in [-0.2, -0.15) is 10.5 Å². The SMILES string of the molecule is C=CC(=O)OCC(C)OC(=O)CCC(=O)OCCc1ccc(OC(=O)[C@H]2CC[C@H](C(=O)Oc3c(C)c(C)c(OC(=O)[C@H]4CC[C@H](C(=O)Oc5ccc(CCOC(=O)CCC(=O)OCC(C)OC(=O)C=C)cc5)CC4)c4c3SC(=C(C#N)C#N)S4)CC2)cc1. The third kappa shape index (κ3) is 20.7. The van der Waals surface area contributed by atoms with Crippen LogP contribution in [0, 0.1) is 60.2 Å². The standard InChI is InChI=1S/C64H68N2O20S2/c1-7-50(67)79-35-38(4)82-55(72)28-27-53(70)78-32-30-42-11-23-49(24-12-42)84-61(74)44-15-19-46(20-16-44)63(76)86-57-40(6)39(5)56(58-59(57)88-64(87-58)47(33-65)34-66)85-62(75)45-17-13-43(14-18-45)60(73)83-48-21-9-41(10-22-48)29-31-77-52(69)25-26-54(71)80-36-37(3)81-51(68)8-2/h7-12,21-24,37-38,43-46H,1-2,13-20,25-32,35-36H2,3-6H3/t37?,38?,43-,44-,45-,46-. The quantitative estimate of drug-likeness (QED) is 0.0215. The zero-order valence-corrected chi connectivity index (χ0v) is 50.9. The average molecular weight is 1250 g/mol. The van der Waals surface area contributed by atoms with E-state index in [0.717, 1.165) is 46.8 Å². The number of hydrogen-bond acceptors (Lipinski definition) is 24. The molecule has 24 heteroatoms. The summed E-state index contributed by atoms with van der Waals surface area (Å²) in [7, 11) is 0. The summed E-state index contributed by atoms with van der Waals surface area (Å²) < 4.78 is 54.4. The second kappa shape index (κ2) is 34.0. The average Bonchev–Trinajstić information content (AvgIpc) is 2.01. The van der Waals surface area contributed by atoms with Crippen LogP contribution in [0.5, 0.6) is 23.0 Å². The van der Waals surface area contributed by atoms with Crippen LogP contribution < -0.4 is 18.9 Å². The van der Waals surface area contributed by atoms with Crippen LogP contribution in [0.25, 0.3) is 0 Å². The van der Waals surface area contributed by atoms with Crippen molar-refractivity contribution >= 4 is 83.2 Å². The Morgan fingerprint density at radius 1 is 0.500 bits per heavy atom. The van der Waals surface area contributed by atoms with Crippen molar-refractivity contribution < 1.29 is 95.3 Å². The molecule has 22 nitrogen and oxygen atoms in total. The number of nitrogens with zero attached hydrogens (tertiary/aromatic N) is 2. The number of hydrogen-bond donors (Lipinski definition) is 0. The van der Waals surface area contributed by atoms with Gasteiger partial charge in [0.25, 0.3) is 0 Å². The minimum atomic E-state index is -0.700. The smallest absolute Gasteiger partial charge is 0.330 e. The number of carbonyl (C=O) groups excluding carboxylic acids is 10. The van der Waals surface area contributed by atoms with E-state index < -0.39 is 95.6 Å². The van der Waals surface area contributed by atoms with Gasteiger partial charge in [0.15, 0.2) is 0 Å². The zero-order valence-electron chi connectivity index (χ0n) is 49.3. The van der Waals surface area contributed by atoms with E-state index in [-0.39, 0.29) is 69.2 Å². The first-order chi connectivity index (χ1) is 42.2. The van der Waals surface area contributed by atoms with Crippen molar-refractivity contribution in [3.8, 4) is 35.1 Å². The molecule has 0 N–H and O–H groups in total. The maximum absolute atomic E-state index is 13.9. The summed E-state index contributed by atoms with van der Waals surface area (Å²) in [5.41, 5.74) is 2.45. The number of fused-ring (bicyclic) bond motifs is 1. The van der Waals surface area contributed by atoms with Crippen molar-refractivity contribution in [3.63, 3.8) is 0 Å². The second-order valence-electron chi connectivity index (χ2n) is 20.9. The topological polar surface area (TPSA) is 311 Å². The van der Waals surface area contributed by atoms with Crippen molar-refractivity contribution in [2.75, 3.05) is 26.4 Å². The third-order valence-corrected chi connectivity index (χ3v) is 17.0. The van der Waals surface area contributed by atoms with E-state index in [2.05, 4.69) is 13.2 Å². The lowest BCUT2D eigenvalue weighted by Gasteiger charge is -2.27. The van der Waals surface area contributed by atoms with Crippen LogP contribution in [0.4, 0.5) is 0 Å². The highest BCUT2D eigenvalue weighted by atomic mass is 32.2. The van der Waals surface area contributed by atoms with Crippen LogP contribution in [-0.4, -0.2) is 98.3 Å². The zero-order chi connectivity index (χ0) is 63.9. The van der Waals surface area contributed by atoms with E-state index in [1.165, 1.54) is 0 Å². The number of benzene rings is 3. The van der Waals surface area contributed by atoms with E-state index in [0.29, 0.717) is 101 Å². The van der Waals surface area contributed by atoms with Crippen molar-refractivity contribution in [2.45, 2.75) is 140 Å². The number of thioether (sulfide) groups is 2. The molecule has 3 aliphatic rings. The summed E-state index contributed by atoms with van der Waals surface area (Å²) in [6.07, 6.45) is 3.30. The molecule has 2 aliphatic carbocycles. The van der Waals surface area contributed by atoms with Gasteiger partial charge in [-0.05, 0) is 126 Å². The molecule has 0 bridgehead atoms. The molecule has 2 saturated carbocycles. The molecule has 0 spiro atoms. The third-order valence-electron chi connectivity index (χ3n) is 14.5. The lowest BCUT2D eigenvalue weighted by atomic mass is 9.82. The number of ether oxygens (including phenoxy) is 10. The largest absolute Gasteiger partial charge is 0.465 e. The Balaban J connectivity index is 0.932. The fourth-order valence-electron chi connectivity index (χ4n) is 9.34. The Morgan fingerprint density at radius 2 is 0.852 bits per heavy atom. The number of carbonyl (C=O) groups is 10. The number of esters is 10. The molecule has 1 heterocycles. The summed E-state index contributed by atoms with van der Waals surface area (Å²) in [4.78, 5) is 126. The van der Waals surface area contributed by atoms with Crippen LogP contribution in [0.1, 0.15) is 113 Å². The van der Waals surface area contributed by atoms with Crippen molar-refractivity contribution in [2.24, 2.45) is 23.7 Å². The fourth-order valence-corrected chi connectivity index (χ4v) is 12.0. The normalized spacial score (nSPS) is 17.3. The van der Waals surface area contributed by atoms with Gasteiger partial charge in [-0.25, -0.2) is 9.59 Å². The highest BCUT2D eigenvalue weighted by Crippen LogP contribution is 2.61. The Bertz CT molecular complexity index is 3220. The summed E-state index contributed by atoms with van der Waals surface area (Å²) in [5.74, 6) is -6.74.